The van der Waals surface area contributed by atoms with E-state index in [4.69, 9.17) is 8.83 Å². The minimum absolute atomic E-state index is 0.101. The number of nitrogens with zero attached hydrogens (tertiary/aromatic N) is 2. The van der Waals surface area contributed by atoms with Gasteiger partial charge in [-0.1, -0.05) is 11.8 Å². The van der Waals surface area contributed by atoms with Gasteiger partial charge in [-0.05, 0) is 31.2 Å². The largest absolute Gasteiger partial charge is 0.459 e. The molecule has 3 aromatic rings. The van der Waals surface area contributed by atoms with Crippen molar-refractivity contribution in [2.45, 2.75) is 17.4 Å². The number of hydrogen-bond donors (Lipinski definition) is 1. The zero-order valence-electron chi connectivity index (χ0n) is 12.3. The van der Waals surface area contributed by atoms with Crippen molar-refractivity contribution in [3.05, 3.63) is 48.2 Å². The van der Waals surface area contributed by atoms with Crippen LogP contribution in [-0.4, -0.2) is 21.4 Å². The molecule has 1 atom stereocenters. The Morgan fingerprint density at radius 3 is 2.83 bits per heavy atom. The van der Waals surface area contributed by atoms with Gasteiger partial charge in [0.1, 0.15) is 11.6 Å². The number of furan rings is 1. The first-order valence-electron chi connectivity index (χ1n) is 6.83. The number of carbonyl (C=O) groups is 1. The number of rotatable bonds is 5. The molecular formula is C15H11F2N3O3S. The van der Waals surface area contributed by atoms with E-state index in [1.165, 1.54) is 6.26 Å². The second kappa shape index (κ2) is 6.83. The maximum absolute atomic E-state index is 13.5. The van der Waals surface area contributed by atoms with Gasteiger partial charge in [-0.15, -0.1) is 10.2 Å². The number of thioether (sulfide) groups is 1. The summed E-state index contributed by atoms with van der Waals surface area (Å²) in [5, 5.41) is 9.54. The summed E-state index contributed by atoms with van der Waals surface area (Å²) in [6, 6.07) is 6.25. The molecule has 2 heterocycles. The summed E-state index contributed by atoms with van der Waals surface area (Å²) in [6.07, 6.45) is 1.47. The first-order chi connectivity index (χ1) is 11.5. The molecule has 0 aliphatic carbocycles. The van der Waals surface area contributed by atoms with Crippen LogP contribution < -0.4 is 5.32 Å². The summed E-state index contributed by atoms with van der Waals surface area (Å²) in [5.74, 6) is -1.44. The summed E-state index contributed by atoms with van der Waals surface area (Å²) < 4.78 is 36.9. The molecule has 0 saturated carbocycles. The molecule has 24 heavy (non-hydrogen) atoms. The minimum Gasteiger partial charge on any atom is -0.459 e. The molecule has 124 valence electrons. The van der Waals surface area contributed by atoms with E-state index >= 15 is 0 Å². The predicted octanol–water partition coefficient (Wildman–Crippen LogP) is 3.73. The SMILES string of the molecule is C[C@H](Sc1nnc(-c2ccco2)o1)C(=O)Nc1ccc(F)cc1F. The Morgan fingerprint density at radius 1 is 1.29 bits per heavy atom. The first kappa shape index (κ1) is 16.2. The highest BCUT2D eigenvalue weighted by Gasteiger charge is 2.20. The first-order valence-corrected chi connectivity index (χ1v) is 7.71. The lowest BCUT2D eigenvalue weighted by atomic mass is 10.3. The zero-order chi connectivity index (χ0) is 17.1. The molecule has 0 radical (unpaired) electrons. The quantitative estimate of drug-likeness (QED) is 0.706. The third-order valence-electron chi connectivity index (χ3n) is 2.97. The van der Waals surface area contributed by atoms with Crippen molar-refractivity contribution in [2.75, 3.05) is 5.32 Å². The average Bonchev–Trinajstić information content (AvgIpc) is 3.20. The van der Waals surface area contributed by atoms with Crippen molar-refractivity contribution in [3.63, 3.8) is 0 Å². The summed E-state index contributed by atoms with van der Waals surface area (Å²) in [5.41, 5.74) is -0.101. The van der Waals surface area contributed by atoms with Gasteiger partial charge in [0, 0.05) is 6.07 Å². The van der Waals surface area contributed by atoms with Gasteiger partial charge in [0.25, 0.3) is 11.1 Å². The highest BCUT2D eigenvalue weighted by Crippen LogP contribution is 2.27. The number of carbonyl (C=O) groups excluding carboxylic acids is 1. The van der Waals surface area contributed by atoms with Gasteiger partial charge in [0.15, 0.2) is 5.76 Å². The number of benzene rings is 1. The van der Waals surface area contributed by atoms with Gasteiger partial charge < -0.3 is 14.2 Å². The smallest absolute Gasteiger partial charge is 0.284 e. The van der Waals surface area contributed by atoms with Crippen molar-refractivity contribution in [1.82, 2.24) is 10.2 Å². The van der Waals surface area contributed by atoms with E-state index < -0.39 is 22.8 Å². The number of halogens is 2. The Kier molecular flexibility index (Phi) is 4.61. The third kappa shape index (κ3) is 3.62. The molecule has 3 rings (SSSR count). The average molecular weight is 351 g/mol. The molecule has 9 heteroatoms. The van der Waals surface area contributed by atoms with Gasteiger partial charge >= 0.3 is 0 Å². The molecule has 0 aliphatic rings. The topological polar surface area (TPSA) is 81.2 Å². The van der Waals surface area contributed by atoms with Crippen LogP contribution in [0.25, 0.3) is 11.7 Å². The standard InChI is InChI=1S/C15H11F2N3O3S/c1-8(13(21)18-11-5-4-9(16)7-10(11)17)24-15-20-19-14(23-15)12-3-2-6-22-12/h2-8H,1H3,(H,18,21)/t8-/m0/s1. The van der Waals surface area contributed by atoms with Crippen LogP contribution in [0.5, 0.6) is 0 Å². The van der Waals surface area contributed by atoms with Crippen LogP contribution in [0.1, 0.15) is 6.92 Å². The van der Waals surface area contributed by atoms with Crippen LogP contribution in [0.3, 0.4) is 0 Å². The zero-order valence-corrected chi connectivity index (χ0v) is 13.1. The predicted molar refractivity (Wildman–Crippen MR) is 82.3 cm³/mol. The van der Waals surface area contributed by atoms with Crippen LogP contribution in [0.4, 0.5) is 14.5 Å². The lowest BCUT2D eigenvalue weighted by Gasteiger charge is -2.10. The molecule has 0 aliphatic heterocycles. The Hall–Kier alpha value is -2.68. The molecule has 0 saturated heterocycles. The van der Waals surface area contributed by atoms with Crippen molar-refractivity contribution in [3.8, 4) is 11.7 Å². The molecule has 0 spiro atoms. The van der Waals surface area contributed by atoms with E-state index in [0.717, 1.165) is 23.9 Å². The van der Waals surface area contributed by atoms with E-state index in [1.807, 2.05) is 0 Å². The Morgan fingerprint density at radius 2 is 2.12 bits per heavy atom. The Bertz CT molecular complexity index is 852. The molecule has 0 unspecified atom stereocenters. The molecule has 2 aromatic heterocycles. The van der Waals surface area contributed by atoms with E-state index in [2.05, 4.69) is 15.5 Å². The molecule has 1 amide bonds. The minimum atomic E-state index is -0.849. The number of aromatic nitrogens is 2. The van der Waals surface area contributed by atoms with E-state index in [0.29, 0.717) is 11.8 Å². The second-order valence-corrected chi connectivity index (χ2v) is 6.02. The molecule has 0 fully saturated rings. The molecule has 1 aromatic carbocycles. The summed E-state index contributed by atoms with van der Waals surface area (Å²) in [4.78, 5) is 12.1. The van der Waals surface area contributed by atoms with Gasteiger partial charge in [-0.25, -0.2) is 8.78 Å². The fourth-order valence-electron chi connectivity index (χ4n) is 1.79. The summed E-state index contributed by atoms with van der Waals surface area (Å²) >= 11 is 1.01. The van der Waals surface area contributed by atoms with Gasteiger partial charge in [-0.3, -0.25) is 4.79 Å². The van der Waals surface area contributed by atoms with Crippen LogP contribution in [-0.2, 0) is 4.79 Å². The fourth-order valence-corrected chi connectivity index (χ4v) is 2.47. The molecular weight excluding hydrogens is 340 g/mol. The third-order valence-corrected chi connectivity index (χ3v) is 3.91. The van der Waals surface area contributed by atoms with Gasteiger partial charge in [0.05, 0.1) is 17.2 Å². The monoisotopic (exact) mass is 351 g/mol. The fraction of sp³-hybridized carbons (Fsp3) is 0.133. The van der Waals surface area contributed by atoms with E-state index in [1.54, 1.807) is 19.1 Å². The van der Waals surface area contributed by atoms with Crippen molar-refractivity contribution in [2.24, 2.45) is 0 Å². The maximum Gasteiger partial charge on any atom is 0.284 e. The van der Waals surface area contributed by atoms with Gasteiger partial charge in [-0.2, -0.15) is 0 Å². The van der Waals surface area contributed by atoms with Crippen molar-refractivity contribution in [1.29, 1.82) is 0 Å². The normalized spacial score (nSPS) is 12.1. The molecule has 6 nitrogen and oxygen atoms in total. The Labute approximate surface area is 139 Å². The number of nitrogens with one attached hydrogen (secondary N) is 1. The molecule has 1 N–H and O–H groups in total. The highest BCUT2D eigenvalue weighted by molar-refractivity contribution is 8.00. The van der Waals surface area contributed by atoms with E-state index in [-0.39, 0.29) is 16.8 Å². The van der Waals surface area contributed by atoms with Crippen molar-refractivity contribution < 1.29 is 22.4 Å². The maximum atomic E-state index is 13.5. The van der Waals surface area contributed by atoms with E-state index in [9.17, 15) is 13.6 Å². The van der Waals surface area contributed by atoms with Crippen LogP contribution >= 0.6 is 11.8 Å². The second-order valence-electron chi connectivity index (χ2n) is 4.72. The Balaban J connectivity index is 1.64. The summed E-state index contributed by atoms with van der Waals surface area (Å²) in [6.45, 7) is 1.60. The van der Waals surface area contributed by atoms with Crippen LogP contribution in [0.2, 0.25) is 0 Å². The number of amides is 1. The molecule has 0 bridgehead atoms. The van der Waals surface area contributed by atoms with Crippen LogP contribution in [0.15, 0.2) is 50.7 Å². The lowest BCUT2D eigenvalue weighted by Crippen LogP contribution is -2.23. The highest BCUT2D eigenvalue weighted by atomic mass is 32.2. The number of hydrogen-bond acceptors (Lipinski definition) is 6. The summed E-state index contributed by atoms with van der Waals surface area (Å²) in [7, 11) is 0. The van der Waals surface area contributed by atoms with Crippen molar-refractivity contribution >= 4 is 23.4 Å². The lowest BCUT2D eigenvalue weighted by molar-refractivity contribution is -0.115. The van der Waals surface area contributed by atoms with Crippen LogP contribution in [0, 0.1) is 11.6 Å². The van der Waals surface area contributed by atoms with Gasteiger partial charge in [0.2, 0.25) is 5.91 Å². The number of anilines is 1.